The van der Waals surface area contributed by atoms with Gasteiger partial charge in [0, 0.05) is 12.1 Å². The molecule has 5 heteroatoms. The second kappa shape index (κ2) is 5.14. The molecule has 3 rings (SSSR count). The zero-order chi connectivity index (χ0) is 14.3. The van der Waals surface area contributed by atoms with Crippen LogP contribution in [0.4, 0.5) is 14.5 Å². The molecule has 1 aliphatic rings. The van der Waals surface area contributed by atoms with Crippen molar-refractivity contribution in [3.05, 3.63) is 63.6 Å². The van der Waals surface area contributed by atoms with Crippen LogP contribution in [0.3, 0.4) is 0 Å². The normalized spacial score (nSPS) is 20.8. The number of nitrogens with one attached hydrogen (secondary N) is 1. The van der Waals surface area contributed by atoms with Crippen LogP contribution in [0, 0.1) is 11.6 Å². The summed E-state index contributed by atoms with van der Waals surface area (Å²) in [7, 11) is 0. The van der Waals surface area contributed by atoms with Gasteiger partial charge in [-0.1, -0.05) is 24.3 Å². The van der Waals surface area contributed by atoms with Crippen LogP contribution in [0.5, 0.6) is 0 Å². The summed E-state index contributed by atoms with van der Waals surface area (Å²) in [5.74, 6) is -1.22. The van der Waals surface area contributed by atoms with Crippen molar-refractivity contribution < 1.29 is 8.78 Å². The Hall–Kier alpha value is -1.46. The van der Waals surface area contributed by atoms with E-state index < -0.39 is 11.6 Å². The van der Waals surface area contributed by atoms with Gasteiger partial charge in [-0.25, -0.2) is 8.78 Å². The quantitative estimate of drug-likeness (QED) is 0.802. The lowest BCUT2D eigenvalue weighted by Gasteiger charge is -2.16. The molecule has 2 aromatic carbocycles. The molecule has 104 valence electrons. The molecular weight excluding hydrogens is 326 g/mol. The molecule has 0 aliphatic heterocycles. The summed E-state index contributed by atoms with van der Waals surface area (Å²) in [5.41, 5.74) is 8.49. The van der Waals surface area contributed by atoms with E-state index in [0.717, 1.165) is 17.2 Å². The molecule has 0 saturated heterocycles. The Kier molecular flexibility index (Phi) is 3.48. The number of hydrogen-bond acceptors (Lipinski definition) is 2. The second-order valence-corrected chi connectivity index (χ2v) is 5.77. The van der Waals surface area contributed by atoms with E-state index in [1.165, 1.54) is 6.07 Å². The zero-order valence-corrected chi connectivity index (χ0v) is 12.1. The molecule has 0 spiro atoms. The topological polar surface area (TPSA) is 38.0 Å². The predicted octanol–water partition coefficient (Wildman–Crippen LogP) is 4.28. The second-order valence-electron chi connectivity index (χ2n) is 4.91. The first kappa shape index (κ1) is 13.5. The van der Waals surface area contributed by atoms with Gasteiger partial charge in [-0.05, 0) is 39.5 Å². The van der Waals surface area contributed by atoms with Crippen molar-refractivity contribution >= 4 is 21.6 Å². The van der Waals surface area contributed by atoms with Gasteiger partial charge in [0.2, 0.25) is 0 Å². The van der Waals surface area contributed by atoms with Crippen LogP contribution >= 0.6 is 15.9 Å². The van der Waals surface area contributed by atoms with E-state index in [1.807, 2.05) is 24.3 Å². The van der Waals surface area contributed by atoms with Crippen molar-refractivity contribution in [1.82, 2.24) is 0 Å². The van der Waals surface area contributed by atoms with Crippen molar-refractivity contribution in [3.8, 4) is 0 Å². The molecule has 0 saturated carbocycles. The van der Waals surface area contributed by atoms with Gasteiger partial charge >= 0.3 is 0 Å². The van der Waals surface area contributed by atoms with Gasteiger partial charge in [-0.15, -0.1) is 0 Å². The fourth-order valence-electron chi connectivity index (χ4n) is 2.63. The predicted molar refractivity (Wildman–Crippen MR) is 78.4 cm³/mol. The number of benzene rings is 2. The highest BCUT2D eigenvalue weighted by Gasteiger charge is 2.28. The maximum Gasteiger partial charge on any atom is 0.149 e. The summed E-state index contributed by atoms with van der Waals surface area (Å²) in [5, 5.41) is 3.11. The fraction of sp³-hybridized carbons (Fsp3) is 0.200. The maximum atomic E-state index is 13.8. The standard InChI is InChI=1S/C15H13BrF2N2/c16-10-5-15(12(18)6-11(10)17)20-14-7-13(19)8-3-1-2-4-9(8)14/h1-6,13-14,20H,7,19H2. The monoisotopic (exact) mass is 338 g/mol. The number of halogens is 3. The summed E-state index contributed by atoms with van der Waals surface area (Å²) >= 11 is 3.07. The van der Waals surface area contributed by atoms with Gasteiger partial charge in [0.05, 0.1) is 16.2 Å². The number of hydrogen-bond donors (Lipinski definition) is 2. The number of nitrogens with two attached hydrogens (primary N) is 1. The van der Waals surface area contributed by atoms with Gasteiger partial charge in [-0.2, -0.15) is 0 Å². The third-order valence-electron chi connectivity index (χ3n) is 3.60. The van der Waals surface area contributed by atoms with E-state index in [9.17, 15) is 8.78 Å². The van der Waals surface area contributed by atoms with E-state index >= 15 is 0 Å². The minimum Gasteiger partial charge on any atom is -0.376 e. The fourth-order valence-corrected chi connectivity index (χ4v) is 2.97. The van der Waals surface area contributed by atoms with Crippen LogP contribution in [0.25, 0.3) is 0 Å². The number of rotatable bonds is 2. The van der Waals surface area contributed by atoms with E-state index in [2.05, 4.69) is 21.2 Å². The molecule has 0 amide bonds. The lowest BCUT2D eigenvalue weighted by molar-refractivity contribution is 0.576. The van der Waals surface area contributed by atoms with Crippen LogP contribution < -0.4 is 11.1 Å². The minimum absolute atomic E-state index is 0.0596. The SMILES string of the molecule is NC1CC(Nc2cc(Br)c(F)cc2F)c2ccccc21. The van der Waals surface area contributed by atoms with E-state index in [-0.39, 0.29) is 22.2 Å². The van der Waals surface area contributed by atoms with Gasteiger partial charge in [0.1, 0.15) is 11.6 Å². The highest BCUT2D eigenvalue weighted by Crippen LogP contribution is 2.39. The molecule has 0 aromatic heterocycles. The first-order valence-electron chi connectivity index (χ1n) is 6.31. The Morgan fingerprint density at radius 3 is 2.55 bits per heavy atom. The average molecular weight is 339 g/mol. The van der Waals surface area contributed by atoms with Gasteiger partial charge < -0.3 is 11.1 Å². The molecular formula is C15H13BrF2N2. The lowest BCUT2D eigenvalue weighted by Crippen LogP contribution is -2.11. The molecule has 0 heterocycles. The first-order chi connectivity index (χ1) is 9.56. The molecule has 3 N–H and O–H groups in total. The number of fused-ring (bicyclic) bond motifs is 1. The van der Waals surface area contributed by atoms with Crippen LogP contribution in [0.2, 0.25) is 0 Å². The molecule has 0 fully saturated rings. The van der Waals surface area contributed by atoms with Crippen molar-refractivity contribution in [2.45, 2.75) is 18.5 Å². The Balaban J connectivity index is 1.92. The molecule has 1 aliphatic carbocycles. The minimum atomic E-state index is -0.614. The largest absolute Gasteiger partial charge is 0.376 e. The maximum absolute atomic E-state index is 13.8. The summed E-state index contributed by atoms with van der Waals surface area (Å²) in [6, 6.07) is 10.0. The van der Waals surface area contributed by atoms with E-state index in [1.54, 1.807) is 0 Å². The Labute approximate surface area is 124 Å². The van der Waals surface area contributed by atoms with E-state index in [0.29, 0.717) is 6.42 Å². The molecule has 20 heavy (non-hydrogen) atoms. The zero-order valence-electron chi connectivity index (χ0n) is 10.5. The van der Waals surface area contributed by atoms with Crippen LogP contribution in [0.1, 0.15) is 29.6 Å². The van der Waals surface area contributed by atoms with Crippen molar-refractivity contribution in [3.63, 3.8) is 0 Å². The highest BCUT2D eigenvalue weighted by molar-refractivity contribution is 9.10. The highest BCUT2D eigenvalue weighted by atomic mass is 79.9. The van der Waals surface area contributed by atoms with Crippen molar-refractivity contribution in [1.29, 1.82) is 0 Å². The third kappa shape index (κ3) is 2.31. The summed E-state index contributed by atoms with van der Waals surface area (Å²) in [4.78, 5) is 0. The van der Waals surface area contributed by atoms with Crippen molar-refractivity contribution in [2.24, 2.45) is 5.73 Å². The van der Waals surface area contributed by atoms with Crippen molar-refractivity contribution in [2.75, 3.05) is 5.32 Å². The summed E-state index contributed by atoms with van der Waals surface area (Å²) in [6.45, 7) is 0. The van der Waals surface area contributed by atoms with Crippen LogP contribution in [0.15, 0.2) is 40.9 Å². The Morgan fingerprint density at radius 1 is 1.10 bits per heavy atom. The summed E-state index contributed by atoms with van der Waals surface area (Å²) in [6.07, 6.45) is 0.688. The molecule has 2 nitrogen and oxygen atoms in total. The Bertz CT molecular complexity index is 660. The van der Waals surface area contributed by atoms with Gasteiger partial charge in [0.15, 0.2) is 0 Å². The Morgan fingerprint density at radius 2 is 1.80 bits per heavy atom. The third-order valence-corrected chi connectivity index (χ3v) is 4.21. The molecule has 0 radical (unpaired) electrons. The molecule has 2 unspecified atom stereocenters. The van der Waals surface area contributed by atoms with Gasteiger partial charge in [0.25, 0.3) is 0 Å². The van der Waals surface area contributed by atoms with Crippen LogP contribution in [-0.2, 0) is 0 Å². The summed E-state index contributed by atoms with van der Waals surface area (Å²) < 4.78 is 27.3. The molecule has 2 atom stereocenters. The smallest absolute Gasteiger partial charge is 0.149 e. The van der Waals surface area contributed by atoms with E-state index in [4.69, 9.17) is 5.73 Å². The molecule has 0 bridgehead atoms. The lowest BCUT2D eigenvalue weighted by atomic mass is 10.1. The van der Waals surface area contributed by atoms with Crippen LogP contribution in [-0.4, -0.2) is 0 Å². The number of anilines is 1. The average Bonchev–Trinajstić information content (AvgIpc) is 2.74. The first-order valence-corrected chi connectivity index (χ1v) is 7.11. The van der Waals surface area contributed by atoms with Gasteiger partial charge in [-0.3, -0.25) is 0 Å². The molecule has 2 aromatic rings.